The number of benzene rings is 1. The third-order valence-electron chi connectivity index (χ3n) is 5.27. The van der Waals surface area contributed by atoms with Crippen LogP contribution in [0.15, 0.2) is 53.3 Å². The molecule has 4 aromatic rings. The van der Waals surface area contributed by atoms with E-state index in [9.17, 15) is 4.79 Å². The first-order valence-electron chi connectivity index (χ1n) is 9.45. The second-order valence-electron chi connectivity index (χ2n) is 7.45. The smallest absolute Gasteiger partial charge is 0.259 e. The second-order valence-corrected chi connectivity index (χ2v) is 7.45. The van der Waals surface area contributed by atoms with Gasteiger partial charge in [0.2, 0.25) is 11.7 Å². The fourth-order valence-electron chi connectivity index (χ4n) is 3.57. The van der Waals surface area contributed by atoms with Crippen molar-refractivity contribution in [3.05, 3.63) is 65.8 Å². The molecule has 0 atom stereocenters. The maximum Gasteiger partial charge on any atom is 0.259 e. The number of hydrogen-bond donors (Lipinski definition) is 1. The van der Waals surface area contributed by atoms with Gasteiger partial charge in [-0.05, 0) is 37.7 Å². The van der Waals surface area contributed by atoms with E-state index >= 15 is 0 Å². The maximum atomic E-state index is 12.8. The van der Waals surface area contributed by atoms with Gasteiger partial charge in [0.15, 0.2) is 0 Å². The highest BCUT2D eigenvalue weighted by atomic mass is 16.5. The Bertz CT molecular complexity index is 1200. The Balaban J connectivity index is 1.40. The van der Waals surface area contributed by atoms with Crippen LogP contribution in [0.1, 0.15) is 27.7 Å². The van der Waals surface area contributed by atoms with Gasteiger partial charge in [-0.25, -0.2) is 4.52 Å². The van der Waals surface area contributed by atoms with Crippen LogP contribution in [0, 0.1) is 6.92 Å². The summed E-state index contributed by atoms with van der Waals surface area (Å²) in [5.74, 6) is 1.27. The number of anilines is 1. The molecule has 146 valence electrons. The molecule has 1 aliphatic heterocycles. The van der Waals surface area contributed by atoms with Crippen molar-refractivity contribution in [1.82, 2.24) is 24.7 Å². The quantitative estimate of drug-likeness (QED) is 0.578. The number of rotatable bonds is 4. The zero-order valence-corrected chi connectivity index (χ0v) is 16.2. The fourth-order valence-corrected chi connectivity index (χ4v) is 3.57. The van der Waals surface area contributed by atoms with Crippen LogP contribution in [-0.4, -0.2) is 50.7 Å². The number of pyridine rings is 1. The van der Waals surface area contributed by atoms with Gasteiger partial charge in [0, 0.05) is 30.5 Å². The Morgan fingerprint density at radius 2 is 2.10 bits per heavy atom. The standard InChI is InChI=1S/C21H20N6O2/c1-13-6-7-14(19-24-21(29-25-19)15-11-26(2)12-15)9-17(13)23-20(28)16-10-22-27-8-4-3-5-18(16)27/h3-10,15H,11-12H2,1-2H3,(H,23,28). The molecule has 8 heteroatoms. The van der Waals surface area contributed by atoms with Gasteiger partial charge < -0.3 is 14.7 Å². The minimum absolute atomic E-state index is 0.210. The molecule has 0 aliphatic carbocycles. The third kappa shape index (κ3) is 3.17. The number of carbonyl (C=O) groups is 1. The molecule has 1 saturated heterocycles. The predicted molar refractivity (Wildman–Crippen MR) is 108 cm³/mol. The normalized spacial score (nSPS) is 14.8. The molecular weight excluding hydrogens is 368 g/mol. The SMILES string of the molecule is Cc1ccc(-c2noc(C3CN(C)C3)n2)cc1NC(=O)c1cnn2ccccc12. The van der Waals surface area contributed by atoms with Gasteiger partial charge in [-0.15, -0.1) is 0 Å². The van der Waals surface area contributed by atoms with E-state index in [1.807, 2.05) is 49.5 Å². The number of nitrogens with zero attached hydrogens (tertiary/aromatic N) is 5. The molecule has 0 unspecified atom stereocenters. The summed E-state index contributed by atoms with van der Waals surface area (Å²) >= 11 is 0. The number of amides is 1. The minimum atomic E-state index is -0.210. The van der Waals surface area contributed by atoms with Crippen molar-refractivity contribution < 1.29 is 9.32 Å². The molecule has 4 heterocycles. The molecule has 0 radical (unpaired) electrons. The van der Waals surface area contributed by atoms with Crippen LogP contribution in [0.25, 0.3) is 16.9 Å². The van der Waals surface area contributed by atoms with Crippen molar-refractivity contribution in [3.8, 4) is 11.4 Å². The van der Waals surface area contributed by atoms with E-state index in [0.717, 1.165) is 29.7 Å². The van der Waals surface area contributed by atoms with E-state index in [1.165, 1.54) is 0 Å². The van der Waals surface area contributed by atoms with Gasteiger partial charge in [0.1, 0.15) is 0 Å². The van der Waals surface area contributed by atoms with Crippen molar-refractivity contribution >= 4 is 17.1 Å². The lowest BCUT2D eigenvalue weighted by atomic mass is 10.0. The van der Waals surface area contributed by atoms with E-state index < -0.39 is 0 Å². The first-order valence-corrected chi connectivity index (χ1v) is 9.45. The van der Waals surface area contributed by atoms with Crippen LogP contribution < -0.4 is 5.32 Å². The van der Waals surface area contributed by atoms with E-state index in [2.05, 4.69) is 32.5 Å². The largest absolute Gasteiger partial charge is 0.339 e. The fraction of sp³-hybridized carbons (Fsp3) is 0.238. The van der Waals surface area contributed by atoms with E-state index in [4.69, 9.17) is 4.52 Å². The number of likely N-dealkylation sites (N-methyl/N-ethyl adjacent to an activating group) is 1. The number of likely N-dealkylation sites (tertiary alicyclic amines) is 1. The highest BCUT2D eigenvalue weighted by Crippen LogP contribution is 2.28. The van der Waals surface area contributed by atoms with Gasteiger partial charge in [0.25, 0.3) is 5.91 Å². The highest BCUT2D eigenvalue weighted by molar-refractivity contribution is 6.09. The zero-order valence-electron chi connectivity index (χ0n) is 16.2. The lowest BCUT2D eigenvalue weighted by Crippen LogP contribution is -2.41. The molecule has 29 heavy (non-hydrogen) atoms. The van der Waals surface area contributed by atoms with Crippen molar-refractivity contribution in [2.45, 2.75) is 12.8 Å². The molecular formula is C21H20N6O2. The van der Waals surface area contributed by atoms with Crippen LogP contribution in [0.3, 0.4) is 0 Å². The second kappa shape index (κ2) is 6.82. The van der Waals surface area contributed by atoms with Crippen molar-refractivity contribution in [2.75, 3.05) is 25.5 Å². The molecule has 0 bridgehead atoms. The molecule has 0 saturated carbocycles. The molecule has 1 N–H and O–H groups in total. The molecule has 8 nitrogen and oxygen atoms in total. The summed E-state index contributed by atoms with van der Waals surface area (Å²) in [5, 5.41) is 11.3. The summed E-state index contributed by atoms with van der Waals surface area (Å²) in [6, 6.07) is 11.4. The minimum Gasteiger partial charge on any atom is -0.339 e. The summed E-state index contributed by atoms with van der Waals surface area (Å²) in [4.78, 5) is 19.6. The van der Waals surface area contributed by atoms with Gasteiger partial charge in [-0.2, -0.15) is 10.1 Å². The highest BCUT2D eigenvalue weighted by Gasteiger charge is 2.30. The topological polar surface area (TPSA) is 88.6 Å². The Hall–Kier alpha value is -3.52. The Morgan fingerprint density at radius 1 is 1.24 bits per heavy atom. The van der Waals surface area contributed by atoms with Gasteiger partial charge in [0.05, 0.1) is 23.2 Å². The summed E-state index contributed by atoms with van der Waals surface area (Å²) in [7, 11) is 2.06. The van der Waals surface area contributed by atoms with Crippen LogP contribution in [0.2, 0.25) is 0 Å². The molecule has 1 fully saturated rings. The lowest BCUT2D eigenvalue weighted by Gasteiger charge is -2.33. The Labute approximate surface area is 167 Å². The number of fused-ring (bicyclic) bond motifs is 1. The lowest BCUT2D eigenvalue weighted by molar-refractivity contribution is 0.102. The first-order chi connectivity index (χ1) is 14.1. The maximum absolute atomic E-state index is 12.8. The monoisotopic (exact) mass is 388 g/mol. The zero-order chi connectivity index (χ0) is 20.0. The van der Waals surface area contributed by atoms with Crippen LogP contribution in [-0.2, 0) is 0 Å². The van der Waals surface area contributed by atoms with Gasteiger partial charge >= 0.3 is 0 Å². The summed E-state index contributed by atoms with van der Waals surface area (Å²) in [5.41, 5.74) is 3.73. The summed E-state index contributed by atoms with van der Waals surface area (Å²) < 4.78 is 7.12. The number of hydrogen-bond acceptors (Lipinski definition) is 6. The molecule has 5 rings (SSSR count). The molecule has 1 amide bonds. The number of aryl methyl sites for hydroxylation is 1. The molecule has 3 aromatic heterocycles. The van der Waals surface area contributed by atoms with Crippen molar-refractivity contribution in [1.29, 1.82) is 0 Å². The predicted octanol–water partition coefficient (Wildman–Crippen LogP) is 2.97. The summed E-state index contributed by atoms with van der Waals surface area (Å²) in [6.45, 7) is 3.80. The first kappa shape index (κ1) is 17.6. The Kier molecular flexibility index (Phi) is 4.13. The van der Waals surface area contributed by atoms with Crippen molar-refractivity contribution in [2.24, 2.45) is 0 Å². The molecule has 1 aliphatic rings. The van der Waals surface area contributed by atoms with Crippen molar-refractivity contribution in [3.63, 3.8) is 0 Å². The number of carbonyl (C=O) groups excluding carboxylic acids is 1. The van der Waals surface area contributed by atoms with E-state index in [0.29, 0.717) is 28.9 Å². The van der Waals surface area contributed by atoms with Gasteiger partial charge in [-0.3, -0.25) is 4.79 Å². The Morgan fingerprint density at radius 3 is 2.93 bits per heavy atom. The average molecular weight is 388 g/mol. The van der Waals surface area contributed by atoms with Crippen LogP contribution in [0.4, 0.5) is 5.69 Å². The number of nitrogens with one attached hydrogen (secondary N) is 1. The van der Waals surface area contributed by atoms with Crippen LogP contribution in [0.5, 0.6) is 0 Å². The van der Waals surface area contributed by atoms with Crippen LogP contribution >= 0.6 is 0 Å². The molecule has 0 spiro atoms. The molecule has 1 aromatic carbocycles. The van der Waals surface area contributed by atoms with E-state index in [-0.39, 0.29) is 5.91 Å². The van der Waals surface area contributed by atoms with Gasteiger partial charge in [-0.1, -0.05) is 23.4 Å². The number of aromatic nitrogens is 4. The average Bonchev–Trinajstić information content (AvgIpc) is 3.34. The van der Waals surface area contributed by atoms with E-state index in [1.54, 1.807) is 10.7 Å². The third-order valence-corrected chi connectivity index (χ3v) is 5.27. The summed E-state index contributed by atoms with van der Waals surface area (Å²) in [6.07, 6.45) is 3.39.